The standard InChI is InChI=1S/C44H28N2/c1-2-13-28(14-3-1)41-31-17-4-6-19-33(31)42(34-20-7-5-18-32(34)41)29-15-12-16-30(27-29)46-39-24-11-9-22-36(39)44-40(46)26-25-38-43(44)35-21-8-10-23-37(35)45-38/h1-27,45H. The van der Waals surface area contributed by atoms with E-state index in [-0.39, 0.29) is 0 Å². The number of hydrogen-bond donors (Lipinski definition) is 1. The highest BCUT2D eigenvalue weighted by Crippen LogP contribution is 2.45. The van der Waals surface area contributed by atoms with E-state index in [1.807, 2.05) is 0 Å². The minimum atomic E-state index is 1.16. The van der Waals surface area contributed by atoms with Crippen LogP contribution in [0.25, 0.3) is 93.1 Å². The molecule has 214 valence electrons. The fraction of sp³-hybridized carbons (Fsp3) is 0. The van der Waals surface area contributed by atoms with Crippen LogP contribution in [0.2, 0.25) is 0 Å². The van der Waals surface area contributed by atoms with Gasteiger partial charge in [-0.15, -0.1) is 0 Å². The summed E-state index contributed by atoms with van der Waals surface area (Å²) in [6.07, 6.45) is 0. The second-order valence-electron chi connectivity index (χ2n) is 12.2. The number of para-hydroxylation sites is 2. The Bertz CT molecular complexity index is 2740. The topological polar surface area (TPSA) is 20.7 Å². The maximum absolute atomic E-state index is 3.66. The molecule has 2 heterocycles. The molecule has 0 saturated carbocycles. The lowest BCUT2D eigenvalue weighted by molar-refractivity contribution is 1.18. The SMILES string of the molecule is c1ccc(-c2c3ccccc3c(-c3cccc(-n4c5ccccc5c5c6c(ccc54)[nH]c4ccccc46)c3)c3ccccc23)cc1. The normalized spacial score (nSPS) is 11.9. The second-order valence-corrected chi connectivity index (χ2v) is 12.2. The molecular weight excluding hydrogens is 556 g/mol. The molecule has 0 aliphatic heterocycles. The van der Waals surface area contributed by atoms with Crippen molar-refractivity contribution in [2.75, 3.05) is 0 Å². The van der Waals surface area contributed by atoms with Gasteiger partial charge >= 0.3 is 0 Å². The van der Waals surface area contributed by atoms with Crippen LogP contribution >= 0.6 is 0 Å². The minimum absolute atomic E-state index is 1.16. The number of hydrogen-bond acceptors (Lipinski definition) is 0. The first-order valence-corrected chi connectivity index (χ1v) is 15.9. The predicted molar refractivity (Wildman–Crippen MR) is 196 cm³/mol. The molecule has 0 unspecified atom stereocenters. The first-order chi connectivity index (χ1) is 22.8. The molecule has 10 aromatic rings. The summed E-state index contributed by atoms with van der Waals surface area (Å²) in [5.74, 6) is 0. The summed E-state index contributed by atoms with van der Waals surface area (Å²) in [7, 11) is 0. The molecule has 0 radical (unpaired) electrons. The highest BCUT2D eigenvalue weighted by Gasteiger charge is 2.19. The monoisotopic (exact) mass is 584 g/mol. The van der Waals surface area contributed by atoms with Gasteiger partial charge in [-0.1, -0.05) is 127 Å². The van der Waals surface area contributed by atoms with Crippen molar-refractivity contribution in [2.24, 2.45) is 0 Å². The van der Waals surface area contributed by atoms with Gasteiger partial charge in [0.25, 0.3) is 0 Å². The number of benzene rings is 8. The molecule has 0 amide bonds. The molecule has 0 atom stereocenters. The average molecular weight is 585 g/mol. The van der Waals surface area contributed by atoms with Crippen LogP contribution in [-0.2, 0) is 0 Å². The van der Waals surface area contributed by atoms with Gasteiger partial charge in [-0.05, 0) is 80.2 Å². The van der Waals surface area contributed by atoms with Crippen LogP contribution in [0.1, 0.15) is 0 Å². The Morgan fingerprint density at radius 3 is 1.63 bits per heavy atom. The van der Waals surface area contributed by atoms with Gasteiger partial charge in [0.1, 0.15) is 0 Å². The van der Waals surface area contributed by atoms with Gasteiger partial charge in [-0.25, -0.2) is 0 Å². The van der Waals surface area contributed by atoms with E-state index in [0.29, 0.717) is 0 Å². The third kappa shape index (κ3) is 3.53. The van der Waals surface area contributed by atoms with Gasteiger partial charge in [-0.3, -0.25) is 0 Å². The zero-order valence-electron chi connectivity index (χ0n) is 25.0. The maximum Gasteiger partial charge on any atom is 0.0548 e. The molecule has 8 aromatic carbocycles. The van der Waals surface area contributed by atoms with Crippen LogP contribution in [0.3, 0.4) is 0 Å². The van der Waals surface area contributed by atoms with Crippen LogP contribution < -0.4 is 0 Å². The molecule has 0 aliphatic rings. The fourth-order valence-corrected chi connectivity index (χ4v) is 7.83. The molecule has 0 aliphatic carbocycles. The second kappa shape index (κ2) is 9.69. The summed E-state index contributed by atoms with van der Waals surface area (Å²) in [5.41, 5.74) is 10.9. The molecule has 1 N–H and O–H groups in total. The van der Waals surface area contributed by atoms with Gasteiger partial charge in [0.15, 0.2) is 0 Å². The Kier molecular flexibility index (Phi) is 5.31. The predicted octanol–water partition coefficient (Wildman–Crippen LogP) is 12.1. The van der Waals surface area contributed by atoms with Gasteiger partial charge < -0.3 is 9.55 Å². The summed E-state index contributed by atoms with van der Waals surface area (Å²) in [6, 6.07) is 59.6. The van der Waals surface area contributed by atoms with Crippen molar-refractivity contribution >= 4 is 65.2 Å². The van der Waals surface area contributed by atoms with E-state index in [2.05, 4.69) is 173 Å². The van der Waals surface area contributed by atoms with E-state index in [4.69, 9.17) is 0 Å². The van der Waals surface area contributed by atoms with Crippen molar-refractivity contribution in [3.8, 4) is 27.9 Å². The largest absolute Gasteiger partial charge is 0.354 e. The van der Waals surface area contributed by atoms with Crippen molar-refractivity contribution in [1.82, 2.24) is 9.55 Å². The first-order valence-electron chi connectivity index (χ1n) is 15.9. The average Bonchev–Trinajstić information content (AvgIpc) is 3.66. The molecule has 0 spiro atoms. The van der Waals surface area contributed by atoms with Crippen molar-refractivity contribution in [1.29, 1.82) is 0 Å². The highest BCUT2D eigenvalue weighted by molar-refractivity contribution is 6.28. The Labute approximate surface area is 265 Å². The summed E-state index contributed by atoms with van der Waals surface area (Å²) in [6.45, 7) is 0. The van der Waals surface area contributed by atoms with E-state index >= 15 is 0 Å². The van der Waals surface area contributed by atoms with E-state index in [1.165, 1.54) is 87.4 Å². The lowest BCUT2D eigenvalue weighted by Gasteiger charge is -2.18. The lowest BCUT2D eigenvalue weighted by atomic mass is 9.86. The molecule has 46 heavy (non-hydrogen) atoms. The third-order valence-corrected chi connectivity index (χ3v) is 9.69. The van der Waals surface area contributed by atoms with E-state index in [1.54, 1.807) is 0 Å². The molecule has 0 saturated heterocycles. The maximum atomic E-state index is 3.66. The molecule has 2 aromatic heterocycles. The zero-order valence-corrected chi connectivity index (χ0v) is 25.0. The van der Waals surface area contributed by atoms with Crippen molar-refractivity contribution in [3.05, 3.63) is 164 Å². The van der Waals surface area contributed by atoms with Crippen molar-refractivity contribution in [3.63, 3.8) is 0 Å². The van der Waals surface area contributed by atoms with Crippen LogP contribution in [0.5, 0.6) is 0 Å². The van der Waals surface area contributed by atoms with Crippen LogP contribution in [0.4, 0.5) is 0 Å². The van der Waals surface area contributed by atoms with Gasteiger partial charge in [0, 0.05) is 38.3 Å². The number of fused-ring (bicyclic) bond motifs is 9. The number of H-pyrrole nitrogens is 1. The number of aromatic nitrogens is 2. The van der Waals surface area contributed by atoms with Crippen LogP contribution in [0, 0.1) is 0 Å². The Hall–Kier alpha value is -6.12. The smallest absolute Gasteiger partial charge is 0.0548 e. The molecule has 0 fully saturated rings. The highest BCUT2D eigenvalue weighted by atomic mass is 15.0. The number of nitrogens with zero attached hydrogens (tertiary/aromatic N) is 1. The first kappa shape index (κ1) is 25.2. The number of nitrogens with one attached hydrogen (secondary N) is 1. The Morgan fingerprint density at radius 2 is 0.913 bits per heavy atom. The molecule has 10 rings (SSSR count). The number of aromatic amines is 1. The quantitative estimate of drug-likeness (QED) is 0.199. The Balaban J connectivity index is 1.28. The molecule has 2 nitrogen and oxygen atoms in total. The van der Waals surface area contributed by atoms with E-state index < -0.39 is 0 Å². The minimum Gasteiger partial charge on any atom is -0.354 e. The summed E-state index contributed by atoms with van der Waals surface area (Å²) in [4.78, 5) is 3.66. The fourth-order valence-electron chi connectivity index (χ4n) is 7.83. The zero-order chi connectivity index (χ0) is 30.2. The summed E-state index contributed by atoms with van der Waals surface area (Å²) in [5, 5.41) is 10.2. The number of rotatable bonds is 3. The van der Waals surface area contributed by atoms with Crippen LogP contribution in [0.15, 0.2) is 164 Å². The third-order valence-electron chi connectivity index (χ3n) is 9.69. The van der Waals surface area contributed by atoms with E-state index in [9.17, 15) is 0 Å². The Morgan fingerprint density at radius 1 is 0.348 bits per heavy atom. The summed E-state index contributed by atoms with van der Waals surface area (Å²) >= 11 is 0. The van der Waals surface area contributed by atoms with Gasteiger partial charge in [0.2, 0.25) is 0 Å². The van der Waals surface area contributed by atoms with E-state index in [0.717, 1.165) is 5.69 Å². The van der Waals surface area contributed by atoms with Crippen molar-refractivity contribution < 1.29 is 0 Å². The van der Waals surface area contributed by atoms with Crippen molar-refractivity contribution in [2.45, 2.75) is 0 Å². The lowest BCUT2D eigenvalue weighted by Crippen LogP contribution is -1.95. The van der Waals surface area contributed by atoms with Gasteiger partial charge in [0.05, 0.1) is 11.0 Å². The molecule has 2 heteroatoms. The summed E-state index contributed by atoms with van der Waals surface area (Å²) < 4.78 is 2.44. The van der Waals surface area contributed by atoms with Gasteiger partial charge in [-0.2, -0.15) is 0 Å². The molecular formula is C44H28N2. The van der Waals surface area contributed by atoms with Crippen LogP contribution in [-0.4, -0.2) is 9.55 Å². The molecule has 0 bridgehead atoms.